The van der Waals surface area contributed by atoms with Crippen LogP contribution in [0.3, 0.4) is 0 Å². The zero-order valence-electron chi connectivity index (χ0n) is 11.5. The van der Waals surface area contributed by atoms with Crippen molar-refractivity contribution in [2.75, 3.05) is 19.6 Å². The molecule has 112 valence electrons. The predicted octanol–water partition coefficient (Wildman–Crippen LogP) is 1.16. The summed E-state index contributed by atoms with van der Waals surface area (Å²) in [6, 6.07) is 7.07. The van der Waals surface area contributed by atoms with Gasteiger partial charge in [-0.25, -0.2) is 0 Å². The van der Waals surface area contributed by atoms with E-state index in [1.165, 1.54) is 0 Å². The third kappa shape index (κ3) is 2.96. The van der Waals surface area contributed by atoms with Gasteiger partial charge >= 0.3 is 0 Å². The predicted molar refractivity (Wildman–Crippen MR) is 80.7 cm³/mol. The molecule has 1 saturated heterocycles. The molecule has 0 spiro atoms. The summed E-state index contributed by atoms with van der Waals surface area (Å²) in [4.78, 5) is 25.5. The van der Waals surface area contributed by atoms with Crippen molar-refractivity contribution in [1.29, 1.82) is 0 Å². The monoisotopic (exact) mass is 352 g/mol. The van der Waals surface area contributed by atoms with E-state index in [2.05, 4.69) is 21.2 Å². The maximum absolute atomic E-state index is 12.0. The lowest BCUT2D eigenvalue weighted by Gasteiger charge is -2.47. The quantitative estimate of drug-likeness (QED) is 0.854. The lowest BCUT2D eigenvalue weighted by molar-refractivity contribution is -0.158. The number of halogens is 1. The van der Waals surface area contributed by atoms with Crippen LogP contribution in [0.2, 0.25) is 0 Å². The average molecular weight is 353 g/mol. The van der Waals surface area contributed by atoms with Gasteiger partial charge in [-0.05, 0) is 46.8 Å². The number of hydrogen-bond acceptors (Lipinski definition) is 3. The molecular formula is C15H17BrN2O3. The summed E-state index contributed by atoms with van der Waals surface area (Å²) in [6.07, 6.45) is 2.11. The first kappa shape index (κ1) is 14.5. The standard InChI is InChI=1S/C15H17BrN2O3/c16-12-4-2-1-3-11(12)14(20)17-7-13(19)18-8-15(21,9-18)10-5-6-10/h1-4,10,21H,5-9H2,(H,17,20). The Kier molecular flexibility index (Phi) is 3.75. The molecule has 6 heteroatoms. The van der Waals surface area contributed by atoms with Crippen LogP contribution in [-0.4, -0.2) is 47.1 Å². The highest BCUT2D eigenvalue weighted by atomic mass is 79.9. The first-order chi connectivity index (χ1) is 9.99. The highest BCUT2D eigenvalue weighted by Crippen LogP contribution is 2.44. The third-order valence-electron chi connectivity index (χ3n) is 4.14. The minimum absolute atomic E-state index is 0.0408. The molecule has 2 aliphatic rings. The van der Waals surface area contributed by atoms with Crippen LogP contribution in [0, 0.1) is 5.92 Å². The zero-order valence-corrected chi connectivity index (χ0v) is 13.1. The van der Waals surface area contributed by atoms with E-state index in [0.717, 1.165) is 12.8 Å². The van der Waals surface area contributed by atoms with Crippen molar-refractivity contribution in [2.45, 2.75) is 18.4 Å². The van der Waals surface area contributed by atoms with Crippen LogP contribution >= 0.6 is 15.9 Å². The maximum Gasteiger partial charge on any atom is 0.252 e. The first-order valence-electron chi connectivity index (χ1n) is 7.02. The number of amides is 2. The van der Waals surface area contributed by atoms with E-state index in [4.69, 9.17) is 0 Å². The molecule has 1 saturated carbocycles. The molecule has 1 aliphatic heterocycles. The molecule has 0 radical (unpaired) electrons. The summed E-state index contributed by atoms with van der Waals surface area (Å²) in [7, 11) is 0. The van der Waals surface area contributed by atoms with Gasteiger partial charge in [-0.3, -0.25) is 9.59 Å². The third-order valence-corrected chi connectivity index (χ3v) is 4.83. The normalized spacial score (nSPS) is 19.8. The number of hydrogen-bond donors (Lipinski definition) is 2. The Hall–Kier alpha value is -1.40. The van der Waals surface area contributed by atoms with Crippen LogP contribution < -0.4 is 5.32 Å². The van der Waals surface area contributed by atoms with Gasteiger partial charge in [0.25, 0.3) is 5.91 Å². The Balaban J connectivity index is 1.48. The summed E-state index contributed by atoms with van der Waals surface area (Å²) in [6.45, 7) is 0.740. The zero-order chi connectivity index (χ0) is 15.0. The number of aliphatic hydroxyl groups is 1. The van der Waals surface area contributed by atoms with Gasteiger partial charge in [-0.1, -0.05) is 12.1 Å². The van der Waals surface area contributed by atoms with Crippen LogP contribution in [0.4, 0.5) is 0 Å². The summed E-state index contributed by atoms with van der Waals surface area (Å²) < 4.78 is 0.696. The van der Waals surface area contributed by atoms with Crippen molar-refractivity contribution in [3.05, 3.63) is 34.3 Å². The van der Waals surface area contributed by atoms with E-state index in [1.54, 1.807) is 23.1 Å². The molecule has 5 nitrogen and oxygen atoms in total. The molecule has 1 heterocycles. The fourth-order valence-electron chi connectivity index (χ4n) is 2.68. The van der Waals surface area contributed by atoms with Crippen LogP contribution in [0.1, 0.15) is 23.2 Å². The molecule has 1 aromatic carbocycles. The van der Waals surface area contributed by atoms with Gasteiger partial charge in [0, 0.05) is 4.47 Å². The summed E-state index contributed by atoms with van der Waals surface area (Å²) in [5.41, 5.74) is -0.175. The minimum atomic E-state index is -0.678. The van der Waals surface area contributed by atoms with E-state index < -0.39 is 5.60 Å². The summed E-state index contributed by atoms with van der Waals surface area (Å²) in [5.74, 6) is -0.0778. The Morgan fingerprint density at radius 1 is 1.33 bits per heavy atom. The maximum atomic E-state index is 12.0. The second-order valence-electron chi connectivity index (χ2n) is 5.79. The fraction of sp³-hybridized carbons (Fsp3) is 0.467. The van der Waals surface area contributed by atoms with Gasteiger partial charge in [-0.15, -0.1) is 0 Å². The van der Waals surface area contributed by atoms with E-state index in [0.29, 0.717) is 29.0 Å². The molecule has 0 unspecified atom stereocenters. The highest BCUT2D eigenvalue weighted by Gasteiger charge is 2.53. The van der Waals surface area contributed by atoms with Crippen molar-refractivity contribution in [2.24, 2.45) is 5.92 Å². The van der Waals surface area contributed by atoms with E-state index in [-0.39, 0.29) is 18.4 Å². The van der Waals surface area contributed by atoms with Gasteiger partial charge in [0.15, 0.2) is 0 Å². The number of rotatable bonds is 4. The molecule has 1 aliphatic carbocycles. The smallest absolute Gasteiger partial charge is 0.252 e. The molecule has 2 fully saturated rings. The van der Waals surface area contributed by atoms with Gasteiger partial charge < -0.3 is 15.3 Å². The van der Waals surface area contributed by atoms with Gasteiger partial charge in [-0.2, -0.15) is 0 Å². The minimum Gasteiger partial charge on any atom is -0.386 e. The number of nitrogens with zero attached hydrogens (tertiary/aromatic N) is 1. The Morgan fingerprint density at radius 3 is 2.62 bits per heavy atom. The topological polar surface area (TPSA) is 69.6 Å². The largest absolute Gasteiger partial charge is 0.386 e. The number of benzene rings is 1. The molecule has 21 heavy (non-hydrogen) atoms. The lowest BCUT2D eigenvalue weighted by atomic mass is 9.89. The van der Waals surface area contributed by atoms with Crippen molar-refractivity contribution in [1.82, 2.24) is 10.2 Å². The van der Waals surface area contributed by atoms with Crippen molar-refractivity contribution in [3.63, 3.8) is 0 Å². The van der Waals surface area contributed by atoms with Gasteiger partial charge in [0.05, 0.1) is 25.2 Å². The summed E-state index contributed by atoms with van der Waals surface area (Å²) >= 11 is 3.31. The molecule has 3 rings (SSSR count). The van der Waals surface area contributed by atoms with Crippen LogP contribution in [0.15, 0.2) is 28.7 Å². The number of carbonyl (C=O) groups is 2. The second kappa shape index (κ2) is 5.42. The fourth-order valence-corrected chi connectivity index (χ4v) is 3.14. The molecule has 1 aromatic rings. The second-order valence-corrected chi connectivity index (χ2v) is 6.64. The first-order valence-corrected chi connectivity index (χ1v) is 7.82. The number of β-amino-alcohol motifs (C(OH)–C–C–N with tert-alkyl or cyclic N) is 1. The SMILES string of the molecule is O=C(NCC(=O)N1CC(O)(C2CC2)C1)c1ccccc1Br. The molecule has 0 bridgehead atoms. The van der Waals surface area contributed by atoms with Gasteiger partial charge in [0.1, 0.15) is 5.60 Å². The molecule has 0 atom stereocenters. The van der Waals surface area contributed by atoms with Gasteiger partial charge in [0.2, 0.25) is 5.91 Å². The number of nitrogens with one attached hydrogen (secondary N) is 1. The molecule has 2 amide bonds. The molecule has 0 aromatic heterocycles. The number of carbonyl (C=O) groups excluding carboxylic acids is 2. The summed E-state index contributed by atoms with van der Waals surface area (Å²) in [5, 5.41) is 12.8. The van der Waals surface area contributed by atoms with Crippen LogP contribution in [0.5, 0.6) is 0 Å². The van der Waals surface area contributed by atoms with Crippen molar-refractivity contribution in [3.8, 4) is 0 Å². The van der Waals surface area contributed by atoms with E-state index in [9.17, 15) is 14.7 Å². The Labute approximate surface area is 131 Å². The van der Waals surface area contributed by atoms with E-state index >= 15 is 0 Å². The molecular weight excluding hydrogens is 336 g/mol. The highest BCUT2D eigenvalue weighted by molar-refractivity contribution is 9.10. The van der Waals surface area contributed by atoms with Crippen molar-refractivity contribution < 1.29 is 14.7 Å². The Bertz CT molecular complexity index is 580. The lowest BCUT2D eigenvalue weighted by Crippen LogP contribution is -2.65. The van der Waals surface area contributed by atoms with Crippen LogP contribution in [-0.2, 0) is 4.79 Å². The average Bonchev–Trinajstić information content (AvgIpc) is 3.26. The number of likely N-dealkylation sites (tertiary alicyclic amines) is 1. The van der Waals surface area contributed by atoms with Crippen LogP contribution in [0.25, 0.3) is 0 Å². The van der Waals surface area contributed by atoms with E-state index in [1.807, 2.05) is 6.07 Å². The molecule has 2 N–H and O–H groups in total. The Morgan fingerprint density at radius 2 is 2.00 bits per heavy atom. The van der Waals surface area contributed by atoms with Crippen molar-refractivity contribution >= 4 is 27.7 Å².